The molecule has 2 aromatic carbocycles. The molecule has 0 aliphatic heterocycles. The fourth-order valence-electron chi connectivity index (χ4n) is 1.79. The average Bonchev–Trinajstić information content (AvgIpc) is 2.45. The molecule has 2 rings (SSSR count). The molecule has 0 heterocycles. The molecule has 0 bridgehead atoms. The number of nitrogens with two attached hydrogens (primary N) is 1. The summed E-state index contributed by atoms with van der Waals surface area (Å²) in [6.45, 7) is 0. The minimum atomic E-state index is -4.79. The highest BCUT2D eigenvalue weighted by atomic mass is 32.2. The summed E-state index contributed by atoms with van der Waals surface area (Å²) >= 11 is 5.05. The minimum Gasteiger partial charge on any atom is -0.406 e. The number of rotatable bonds is 4. The molecule has 0 amide bonds. The molecule has 0 aliphatic rings. The second kappa shape index (κ2) is 7.25. The Labute approximate surface area is 146 Å². The van der Waals surface area contributed by atoms with Gasteiger partial charge in [0.05, 0.1) is 4.90 Å². The number of halogens is 3. The maximum Gasteiger partial charge on any atom is 0.573 e. The molecule has 134 valence electrons. The highest BCUT2D eigenvalue weighted by molar-refractivity contribution is 7.89. The number of benzene rings is 2. The van der Waals surface area contributed by atoms with Crippen molar-refractivity contribution in [3.8, 4) is 5.75 Å². The second-order valence-corrected chi connectivity index (χ2v) is 6.69. The zero-order valence-corrected chi connectivity index (χ0v) is 14.0. The van der Waals surface area contributed by atoms with Gasteiger partial charge in [0.2, 0.25) is 10.0 Å². The Balaban J connectivity index is 2.02. The predicted molar refractivity (Wildman–Crippen MR) is 90.8 cm³/mol. The van der Waals surface area contributed by atoms with Crippen molar-refractivity contribution < 1.29 is 26.3 Å². The summed E-state index contributed by atoms with van der Waals surface area (Å²) in [6, 6.07) is 10.6. The number of primary sulfonamides is 1. The first-order chi connectivity index (χ1) is 11.5. The lowest BCUT2D eigenvalue weighted by Crippen LogP contribution is -2.20. The molecule has 0 spiro atoms. The SMILES string of the molecule is NS(=O)(=O)c1ccc(NC(=S)Nc2cccc(OC(F)(F)F)c2)cc1. The van der Waals surface area contributed by atoms with E-state index in [0.29, 0.717) is 5.69 Å². The number of hydrogen-bond acceptors (Lipinski definition) is 4. The lowest BCUT2D eigenvalue weighted by atomic mass is 10.3. The van der Waals surface area contributed by atoms with Gasteiger partial charge in [0.1, 0.15) is 5.75 Å². The second-order valence-electron chi connectivity index (χ2n) is 4.72. The average molecular weight is 391 g/mol. The first-order valence-corrected chi connectivity index (χ1v) is 8.55. The van der Waals surface area contributed by atoms with Gasteiger partial charge >= 0.3 is 6.36 Å². The van der Waals surface area contributed by atoms with Crippen molar-refractivity contribution in [2.75, 3.05) is 10.6 Å². The molecule has 0 aromatic heterocycles. The van der Waals surface area contributed by atoms with E-state index < -0.39 is 22.1 Å². The lowest BCUT2D eigenvalue weighted by Gasteiger charge is -2.13. The molecule has 0 aliphatic carbocycles. The fourth-order valence-corrected chi connectivity index (χ4v) is 2.54. The van der Waals surface area contributed by atoms with E-state index in [1.54, 1.807) is 0 Å². The van der Waals surface area contributed by atoms with Crippen LogP contribution in [-0.4, -0.2) is 19.9 Å². The van der Waals surface area contributed by atoms with Crippen LogP contribution in [-0.2, 0) is 10.0 Å². The molecule has 6 nitrogen and oxygen atoms in total. The Bertz CT molecular complexity index is 869. The number of anilines is 2. The lowest BCUT2D eigenvalue weighted by molar-refractivity contribution is -0.274. The Kier molecular flexibility index (Phi) is 5.50. The maximum absolute atomic E-state index is 12.2. The summed E-state index contributed by atoms with van der Waals surface area (Å²) in [7, 11) is -3.80. The Morgan fingerprint density at radius 2 is 1.64 bits per heavy atom. The van der Waals surface area contributed by atoms with Crippen molar-refractivity contribution in [1.82, 2.24) is 0 Å². The molecular weight excluding hydrogens is 379 g/mol. The maximum atomic E-state index is 12.2. The van der Waals surface area contributed by atoms with Gasteiger partial charge in [-0.1, -0.05) is 6.07 Å². The number of nitrogens with one attached hydrogen (secondary N) is 2. The zero-order chi connectivity index (χ0) is 18.7. The third-order valence-electron chi connectivity index (χ3n) is 2.77. The van der Waals surface area contributed by atoms with Crippen LogP contribution in [0.3, 0.4) is 0 Å². The standard InChI is InChI=1S/C14H12F3N3O3S2/c15-14(16,17)23-11-3-1-2-10(8-11)20-13(24)19-9-4-6-12(7-5-9)25(18,21)22/h1-8H,(H2,18,21,22)(H2,19,20,24). The zero-order valence-electron chi connectivity index (χ0n) is 12.4. The van der Waals surface area contributed by atoms with E-state index in [4.69, 9.17) is 17.4 Å². The number of hydrogen-bond donors (Lipinski definition) is 3. The normalized spacial score (nSPS) is 11.7. The van der Waals surface area contributed by atoms with Crippen LogP contribution in [0.15, 0.2) is 53.4 Å². The van der Waals surface area contributed by atoms with Crippen molar-refractivity contribution in [2.24, 2.45) is 5.14 Å². The van der Waals surface area contributed by atoms with Crippen LogP contribution in [0, 0.1) is 0 Å². The van der Waals surface area contributed by atoms with Crippen molar-refractivity contribution in [1.29, 1.82) is 0 Å². The predicted octanol–water partition coefficient (Wildman–Crippen LogP) is 3.04. The first kappa shape index (κ1) is 19.0. The van der Waals surface area contributed by atoms with Crippen LogP contribution >= 0.6 is 12.2 Å². The molecule has 0 unspecified atom stereocenters. The number of alkyl halides is 3. The highest BCUT2D eigenvalue weighted by Crippen LogP contribution is 2.25. The molecule has 0 radical (unpaired) electrons. The van der Waals surface area contributed by atoms with Gasteiger partial charge in [0.15, 0.2) is 5.11 Å². The van der Waals surface area contributed by atoms with E-state index in [2.05, 4.69) is 15.4 Å². The van der Waals surface area contributed by atoms with E-state index in [1.807, 2.05) is 0 Å². The van der Waals surface area contributed by atoms with Gasteiger partial charge in [-0.3, -0.25) is 0 Å². The topological polar surface area (TPSA) is 93.5 Å². The van der Waals surface area contributed by atoms with E-state index in [1.165, 1.54) is 36.4 Å². The quantitative estimate of drug-likeness (QED) is 0.694. The molecule has 11 heteroatoms. The molecule has 0 atom stereocenters. The molecule has 25 heavy (non-hydrogen) atoms. The van der Waals surface area contributed by atoms with Crippen LogP contribution < -0.4 is 20.5 Å². The van der Waals surface area contributed by atoms with Gasteiger partial charge in [-0.15, -0.1) is 13.2 Å². The van der Waals surface area contributed by atoms with Crippen LogP contribution in [0.4, 0.5) is 24.5 Å². The summed E-state index contributed by atoms with van der Waals surface area (Å²) in [5, 5.41) is 10.5. The Morgan fingerprint density at radius 3 is 2.20 bits per heavy atom. The largest absolute Gasteiger partial charge is 0.573 e. The van der Waals surface area contributed by atoms with Gasteiger partial charge in [-0.25, -0.2) is 13.6 Å². The van der Waals surface area contributed by atoms with Crippen molar-refractivity contribution in [3.63, 3.8) is 0 Å². The van der Waals surface area contributed by atoms with Crippen molar-refractivity contribution in [2.45, 2.75) is 11.3 Å². The van der Waals surface area contributed by atoms with Crippen LogP contribution in [0.25, 0.3) is 0 Å². The van der Waals surface area contributed by atoms with E-state index in [9.17, 15) is 21.6 Å². The van der Waals surface area contributed by atoms with Crippen molar-refractivity contribution >= 4 is 38.7 Å². The van der Waals surface area contributed by atoms with Crippen molar-refractivity contribution in [3.05, 3.63) is 48.5 Å². The minimum absolute atomic E-state index is 0.0612. The Morgan fingerprint density at radius 1 is 1.04 bits per heavy atom. The smallest absolute Gasteiger partial charge is 0.406 e. The summed E-state index contributed by atoms with van der Waals surface area (Å²) < 4.78 is 62.8. The molecule has 0 saturated heterocycles. The molecule has 4 N–H and O–H groups in total. The number of sulfonamides is 1. The Hall–Kier alpha value is -2.37. The third-order valence-corrected chi connectivity index (χ3v) is 3.90. The van der Waals surface area contributed by atoms with Gasteiger partial charge in [-0.2, -0.15) is 0 Å². The van der Waals surface area contributed by atoms with Gasteiger partial charge in [0, 0.05) is 17.4 Å². The molecular formula is C14H12F3N3O3S2. The molecule has 0 fully saturated rings. The number of ether oxygens (including phenoxy) is 1. The fraction of sp³-hybridized carbons (Fsp3) is 0.0714. The summed E-state index contributed by atoms with van der Waals surface area (Å²) in [5.41, 5.74) is 0.744. The van der Waals surface area contributed by atoms with Crippen LogP contribution in [0.1, 0.15) is 0 Å². The highest BCUT2D eigenvalue weighted by Gasteiger charge is 2.31. The molecule has 0 saturated carbocycles. The third kappa shape index (κ3) is 6.21. The van der Waals surface area contributed by atoms with Crippen LogP contribution in [0.2, 0.25) is 0 Å². The van der Waals surface area contributed by atoms with E-state index >= 15 is 0 Å². The van der Waals surface area contributed by atoms with Crippen LogP contribution in [0.5, 0.6) is 5.75 Å². The summed E-state index contributed by atoms with van der Waals surface area (Å²) in [4.78, 5) is -0.0612. The first-order valence-electron chi connectivity index (χ1n) is 6.60. The summed E-state index contributed by atoms with van der Waals surface area (Å²) in [5.74, 6) is -0.391. The number of thiocarbonyl (C=S) groups is 1. The molecule has 2 aromatic rings. The van der Waals surface area contributed by atoms with Gasteiger partial charge < -0.3 is 15.4 Å². The monoisotopic (exact) mass is 391 g/mol. The van der Waals surface area contributed by atoms with Gasteiger partial charge in [0.25, 0.3) is 0 Å². The summed E-state index contributed by atoms with van der Waals surface area (Å²) in [6.07, 6.45) is -4.79. The van der Waals surface area contributed by atoms with E-state index in [0.717, 1.165) is 12.1 Å². The van der Waals surface area contributed by atoms with E-state index in [-0.39, 0.29) is 15.7 Å². The van der Waals surface area contributed by atoms with Gasteiger partial charge in [-0.05, 0) is 48.6 Å².